The second kappa shape index (κ2) is 13.0. The number of aromatic amines is 1. The van der Waals surface area contributed by atoms with Crippen molar-refractivity contribution < 1.29 is 27.8 Å². The molecule has 3 rings (SSSR count). The first kappa shape index (κ1) is 32.6. The Morgan fingerprint density at radius 3 is 2.17 bits per heavy atom. The lowest BCUT2D eigenvalue weighted by Crippen LogP contribution is -2.51. The van der Waals surface area contributed by atoms with E-state index in [2.05, 4.69) is 10.3 Å². The molecule has 2 aromatic carbocycles. The van der Waals surface area contributed by atoms with Crippen LogP contribution in [0.5, 0.6) is 0 Å². The predicted octanol–water partition coefficient (Wildman–Crippen LogP) is 5.18. The molecule has 0 aliphatic heterocycles. The summed E-state index contributed by atoms with van der Waals surface area (Å²) in [6.07, 6.45) is 0.118. The number of rotatable bonds is 10. The summed E-state index contributed by atoms with van der Waals surface area (Å²) in [5, 5.41) is 3.26. The Balaban J connectivity index is 1.76. The summed E-state index contributed by atoms with van der Waals surface area (Å²) in [6, 6.07) is 10.3. The number of H-pyrrole nitrogens is 1. The van der Waals surface area contributed by atoms with Crippen LogP contribution >= 0.6 is 0 Å². The van der Waals surface area contributed by atoms with Crippen LogP contribution in [0.25, 0.3) is 11.1 Å². The predicted molar refractivity (Wildman–Crippen MR) is 158 cm³/mol. The highest BCUT2D eigenvalue weighted by Crippen LogP contribution is 2.23. The van der Waals surface area contributed by atoms with Crippen LogP contribution < -0.4 is 16.6 Å². The maximum atomic E-state index is 14.2. The number of aromatic nitrogens is 1. The van der Waals surface area contributed by atoms with Gasteiger partial charge in [-0.05, 0) is 84.2 Å². The Bertz CT molecular complexity index is 1490. The molecule has 0 fully saturated rings. The number of hydrogen-bond donors (Lipinski definition) is 3. The van der Waals surface area contributed by atoms with Gasteiger partial charge in [-0.2, -0.15) is 0 Å². The lowest BCUT2D eigenvalue weighted by Gasteiger charge is -2.32. The van der Waals surface area contributed by atoms with Crippen molar-refractivity contribution in [2.75, 3.05) is 12.3 Å². The monoisotopic (exact) mass is 583 g/mol. The van der Waals surface area contributed by atoms with Crippen molar-refractivity contribution in [3.63, 3.8) is 0 Å². The van der Waals surface area contributed by atoms with Crippen molar-refractivity contribution in [2.24, 2.45) is 0 Å². The van der Waals surface area contributed by atoms with Crippen LogP contribution in [0.4, 0.5) is 14.6 Å². The number of nitrogen functional groups attached to an aromatic ring is 1. The van der Waals surface area contributed by atoms with Crippen LogP contribution in [-0.2, 0) is 20.7 Å². The van der Waals surface area contributed by atoms with E-state index >= 15 is 0 Å². The van der Waals surface area contributed by atoms with E-state index in [0.717, 1.165) is 17.7 Å². The molecule has 8 nitrogen and oxygen atoms in total. The molecule has 42 heavy (non-hydrogen) atoms. The third-order valence-electron chi connectivity index (χ3n) is 6.20. The van der Waals surface area contributed by atoms with Crippen LogP contribution in [-0.4, -0.2) is 46.6 Å². The smallest absolute Gasteiger partial charge is 0.326 e. The van der Waals surface area contributed by atoms with Crippen molar-refractivity contribution >= 4 is 17.6 Å². The number of benzene rings is 2. The second-order valence-corrected chi connectivity index (χ2v) is 12.1. The largest absolute Gasteiger partial charge is 0.459 e. The zero-order valence-electron chi connectivity index (χ0n) is 25.1. The van der Waals surface area contributed by atoms with Crippen LogP contribution in [0.15, 0.2) is 53.3 Å². The molecule has 1 heterocycles. The molecule has 0 aliphatic carbocycles. The fourth-order valence-corrected chi connectivity index (χ4v) is 4.42. The summed E-state index contributed by atoms with van der Waals surface area (Å²) in [6.45, 7) is 13.5. The van der Waals surface area contributed by atoms with Gasteiger partial charge in [0.25, 0.3) is 5.56 Å². The number of esters is 1. The number of carbonyl (C=O) groups excluding carboxylic acids is 2. The fraction of sp³-hybridized carbons (Fsp3) is 0.406. The highest BCUT2D eigenvalue weighted by Gasteiger charge is 2.32. The normalized spacial score (nSPS) is 13.5. The van der Waals surface area contributed by atoms with Gasteiger partial charge >= 0.3 is 5.97 Å². The van der Waals surface area contributed by atoms with E-state index in [9.17, 15) is 23.2 Å². The maximum Gasteiger partial charge on any atom is 0.326 e. The molecule has 10 heteroatoms. The minimum atomic E-state index is -1.03. The molecule has 3 aromatic rings. The van der Waals surface area contributed by atoms with E-state index in [1.54, 1.807) is 12.1 Å². The number of carbonyl (C=O) groups is 2. The summed E-state index contributed by atoms with van der Waals surface area (Å²) < 4.78 is 39.2. The Kier molecular flexibility index (Phi) is 10.1. The minimum Gasteiger partial charge on any atom is -0.459 e. The third-order valence-corrected chi connectivity index (χ3v) is 6.20. The van der Waals surface area contributed by atoms with E-state index in [1.165, 1.54) is 6.07 Å². The van der Waals surface area contributed by atoms with Crippen LogP contribution in [0.1, 0.15) is 70.0 Å². The number of halogens is 2. The minimum absolute atomic E-state index is 0.108. The van der Waals surface area contributed by atoms with Gasteiger partial charge in [0.05, 0.1) is 22.8 Å². The topological polar surface area (TPSA) is 124 Å². The average molecular weight is 584 g/mol. The first-order valence-corrected chi connectivity index (χ1v) is 13.7. The molecule has 4 N–H and O–H groups in total. The van der Waals surface area contributed by atoms with Crippen LogP contribution in [0.3, 0.4) is 0 Å². The Morgan fingerprint density at radius 2 is 1.60 bits per heavy atom. The number of pyridine rings is 1. The van der Waals surface area contributed by atoms with Gasteiger partial charge in [0.1, 0.15) is 29.1 Å². The summed E-state index contributed by atoms with van der Waals surface area (Å²) >= 11 is 0. The van der Waals surface area contributed by atoms with Crippen LogP contribution in [0, 0.1) is 11.6 Å². The van der Waals surface area contributed by atoms with E-state index in [-0.39, 0.29) is 22.5 Å². The van der Waals surface area contributed by atoms with Crippen molar-refractivity contribution in [2.45, 2.75) is 78.2 Å². The first-order valence-electron chi connectivity index (χ1n) is 13.7. The maximum absolute atomic E-state index is 14.2. The van der Waals surface area contributed by atoms with Gasteiger partial charge in [-0.1, -0.05) is 24.3 Å². The van der Waals surface area contributed by atoms with Gasteiger partial charge in [-0.3, -0.25) is 14.4 Å². The summed E-state index contributed by atoms with van der Waals surface area (Å²) in [5.74, 6) is -3.25. The quantitative estimate of drug-likeness (QED) is 0.222. The molecular formula is C32H39F2N3O5. The molecule has 0 radical (unpaired) electrons. The van der Waals surface area contributed by atoms with E-state index in [4.69, 9.17) is 15.2 Å². The Morgan fingerprint density at radius 1 is 0.952 bits per heavy atom. The standard InChI is InChI=1S/C32H39F2N3O5/c1-18(41-31(2,3)4)26(30(40)42-32(5,6)7)36-15-14-19-8-10-20(11-9-19)23-17-24(28(35)37-29(23)39)27(38)22-13-12-21(33)16-25(22)34/h8-13,16-18,26,36H,14-15H2,1-7H3,(H3,35,37,39)/t18-,26+/m1/s1. The van der Waals surface area contributed by atoms with Crippen molar-refractivity contribution in [3.05, 3.63) is 87.2 Å². The number of nitrogens with two attached hydrogens (primary N) is 1. The van der Waals surface area contributed by atoms with Gasteiger partial charge < -0.3 is 25.5 Å². The fourth-order valence-electron chi connectivity index (χ4n) is 4.42. The molecule has 0 unspecified atom stereocenters. The number of nitrogens with one attached hydrogen (secondary N) is 2. The molecule has 0 spiro atoms. The van der Waals surface area contributed by atoms with Gasteiger partial charge in [-0.15, -0.1) is 0 Å². The average Bonchev–Trinajstić information content (AvgIpc) is 2.84. The molecule has 0 saturated carbocycles. The van der Waals surface area contributed by atoms with Gasteiger partial charge in [0.15, 0.2) is 5.78 Å². The molecule has 0 saturated heterocycles. The SMILES string of the molecule is C[C@@H](OC(C)(C)C)[C@H](NCCc1ccc(-c2cc(C(=O)c3ccc(F)cc3F)c(N)[nH]c2=O)cc1)C(=O)OC(C)(C)C. The molecular weight excluding hydrogens is 544 g/mol. The lowest BCUT2D eigenvalue weighted by molar-refractivity contribution is -0.164. The Hall–Kier alpha value is -3.89. The summed E-state index contributed by atoms with van der Waals surface area (Å²) in [7, 11) is 0. The van der Waals surface area contributed by atoms with Crippen molar-refractivity contribution in [3.8, 4) is 11.1 Å². The first-order chi connectivity index (χ1) is 19.4. The second-order valence-electron chi connectivity index (χ2n) is 12.1. The van der Waals surface area contributed by atoms with Crippen molar-refractivity contribution in [1.82, 2.24) is 10.3 Å². The van der Waals surface area contributed by atoms with E-state index in [0.29, 0.717) is 24.6 Å². The lowest BCUT2D eigenvalue weighted by atomic mass is 9.98. The molecule has 0 aliphatic rings. The van der Waals surface area contributed by atoms with Crippen molar-refractivity contribution in [1.29, 1.82) is 0 Å². The third kappa shape index (κ3) is 8.80. The zero-order chi connectivity index (χ0) is 31.4. The molecule has 226 valence electrons. The summed E-state index contributed by atoms with van der Waals surface area (Å²) in [5.41, 5.74) is 5.39. The zero-order valence-corrected chi connectivity index (χ0v) is 25.1. The Labute approximate surface area is 244 Å². The highest BCUT2D eigenvalue weighted by atomic mass is 19.1. The number of anilines is 1. The van der Waals surface area contributed by atoms with Gasteiger partial charge in [0.2, 0.25) is 0 Å². The van der Waals surface area contributed by atoms with Gasteiger partial charge in [0, 0.05) is 18.2 Å². The molecule has 0 amide bonds. The van der Waals surface area contributed by atoms with Gasteiger partial charge in [-0.25, -0.2) is 8.78 Å². The van der Waals surface area contributed by atoms with E-state index < -0.39 is 52.3 Å². The number of ketones is 1. The number of hydrogen-bond acceptors (Lipinski definition) is 7. The van der Waals surface area contributed by atoms with E-state index in [1.807, 2.05) is 60.6 Å². The number of ether oxygens (including phenoxy) is 2. The highest BCUT2D eigenvalue weighted by molar-refractivity contribution is 6.12. The molecule has 0 bridgehead atoms. The molecule has 1 aromatic heterocycles. The van der Waals surface area contributed by atoms with Crippen LogP contribution in [0.2, 0.25) is 0 Å². The molecule has 2 atom stereocenters. The summed E-state index contributed by atoms with van der Waals surface area (Å²) in [4.78, 5) is 41.0.